The van der Waals surface area contributed by atoms with E-state index >= 15 is 0 Å². The molecule has 2 fully saturated rings. The molecule has 5 rings (SSSR count). The first kappa shape index (κ1) is 35.4. The maximum absolute atomic E-state index is 12.7. The summed E-state index contributed by atoms with van der Waals surface area (Å²) in [6, 6.07) is 8.05. The summed E-state index contributed by atoms with van der Waals surface area (Å²) in [7, 11) is 1.30. The molecule has 1 saturated heterocycles. The van der Waals surface area contributed by atoms with Gasteiger partial charge in [0.2, 0.25) is 11.9 Å². The third kappa shape index (κ3) is 10.8. The molecular formula is C34H53N11O3. The Kier molecular flexibility index (Phi) is 13.7. The highest BCUT2D eigenvalue weighted by Gasteiger charge is 2.25. The number of para-hydroxylation sites is 1. The topological polar surface area (TPSA) is 177 Å². The zero-order valence-electron chi connectivity index (χ0n) is 28.3. The van der Waals surface area contributed by atoms with Gasteiger partial charge in [0.25, 0.3) is 0 Å². The Morgan fingerprint density at radius 3 is 2.60 bits per heavy atom. The molecule has 14 heteroatoms. The average Bonchev–Trinajstić information content (AvgIpc) is 3.58. The van der Waals surface area contributed by atoms with Crippen LogP contribution >= 0.6 is 0 Å². The van der Waals surface area contributed by atoms with Gasteiger partial charge in [-0.2, -0.15) is 4.98 Å². The van der Waals surface area contributed by atoms with Gasteiger partial charge in [0.1, 0.15) is 17.6 Å². The van der Waals surface area contributed by atoms with E-state index in [4.69, 9.17) is 15.7 Å². The molecule has 2 aliphatic rings. The van der Waals surface area contributed by atoms with Crippen LogP contribution in [-0.2, 0) is 27.4 Å². The number of likely N-dealkylation sites (tertiary alicyclic amines) is 1. The molecule has 0 unspecified atom stereocenters. The molecule has 3 aromatic rings. The van der Waals surface area contributed by atoms with Crippen molar-refractivity contribution in [3.63, 3.8) is 0 Å². The number of rotatable bonds is 18. The predicted octanol–water partition coefficient (Wildman–Crippen LogP) is 2.81. The fourth-order valence-electron chi connectivity index (χ4n) is 6.45. The van der Waals surface area contributed by atoms with E-state index in [1.807, 2.05) is 40.0 Å². The van der Waals surface area contributed by atoms with Crippen LogP contribution in [0.25, 0.3) is 10.9 Å². The quantitative estimate of drug-likeness (QED) is 0.0995. The van der Waals surface area contributed by atoms with E-state index in [0.29, 0.717) is 25.6 Å². The molecule has 1 aliphatic carbocycles. The Morgan fingerprint density at radius 1 is 1.00 bits per heavy atom. The Bertz CT molecular complexity index is 1440. The van der Waals surface area contributed by atoms with E-state index < -0.39 is 12.0 Å². The molecular weight excluding hydrogens is 610 g/mol. The van der Waals surface area contributed by atoms with Crippen LogP contribution in [0.2, 0.25) is 0 Å². The van der Waals surface area contributed by atoms with Crippen LogP contribution in [0.1, 0.15) is 76.3 Å². The molecule has 1 aromatic carbocycles. The minimum Gasteiger partial charge on any atom is -0.468 e. The Balaban J connectivity index is 1.03. The van der Waals surface area contributed by atoms with Crippen LogP contribution in [-0.4, -0.2) is 99.7 Å². The van der Waals surface area contributed by atoms with Crippen molar-refractivity contribution >= 4 is 34.5 Å². The zero-order chi connectivity index (χ0) is 33.6. The number of hydrogen-bond donors (Lipinski definition) is 5. The minimum absolute atomic E-state index is 0.00776. The minimum atomic E-state index is -0.778. The van der Waals surface area contributed by atoms with Gasteiger partial charge in [-0.1, -0.05) is 36.6 Å². The number of aryl methyl sites for hydroxylation is 1. The summed E-state index contributed by atoms with van der Waals surface area (Å²) < 4.78 is 6.55. The number of carbonyl (C=O) groups is 2. The summed E-state index contributed by atoms with van der Waals surface area (Å²) in [6.07, 6.45) is 13.0. The second-order valence-electron chi connectivity index (χ2n) is 13.0. The van der Waals surface area contributed by atoms with Crippen molar-refractivity contribution in [3.8, 4) is 0 Å². The summed E-state index contributed by atoms with van der Waals surface area (Å²) in [4.78, 5) is 35.6. The van der Waals surface area contributed by atoms with E-state index in [9.17, 15) is 9.59 Å². The standard InChI is InChI=1S/C34H53N11O3/c1-48-33(47)29(35)13-14-31(46)44-21-15-26(16-22-44)39-32-28-11-5-6-12-30(28)40-34(41-32)38-23-27-24-45(43-42-27)20-8-18-36-17-7-19-37-25-9-3-2-4-10-25/h5-6,11-12,24-26,29,36-37H,2-4,7-10,13-23,35H2,1H3,(H2,38,39,40,41)/t29-/m0/s1. The fraction of sp³-hybridized carbons (Fsp3) is 0.647. The summed E-state index contributed by atoms with van der Waals surface area (Å²) >= 11 is 0. The molecule has 6 N–H and O–H groups in total. The van der Waals surface area contributed by atoms with E-state index in [1.54, 1.807) is 0 Å². The number of benzene rings is 1. The van der Waals surface area contributed by atoms with Gasteiger partial charge in [0, 0.05) is 43.5 Å². The number of amides is 1. The number of fused-ring (bicyclic) bond motifs is 1. The first-order chi connectivity index (χ1) is 23.5. The third-order valence-corrected chi connectivity index (χ3v) is 9.29. The van der Waals surface area contributed by atoms with Crippen molar-refractivity contribution in [1.82, 2.24) is 40.5 Å². The van der Waals surface area contributed by atoms with Crippen LogP contribution in [0, 0.1) is 0 Å². The number of aromatic nitrogens is 5. The van der Waals surface area contributed by atoms with Crippen LogP contribution in [0.5, 0.6) is 0 Å². The van der Waals surface area contributed by atoms with Crippen LogP contribution in [0.15, 0.2) is 30.5 Å². The maximum Gasteiger partial charge on any atom is 0.322 e. The molecule has 262 valence electrons. The number of nitrogens with zero attached hydrogens (tertiary/aromatic N) is 6. The number of ether oxygens (including phenoxy) is 1. The second kappa shape index (κ2) is 18.6. The number of nitrogens with one attached hydrogen (secondary N) is 4. The Labute approximate surface area is 283 Å². The summed E-state index contributed by atoms with van der Waals surface area (Å²) in [5.74, 6) is 0.791. The van der Waals surface area contributed by atoms with Gasteiger partial charge < -0.3 is 36.6 Å². The lowest BCUT2D eigenvalue weighted by molar-refractivity contribution is -0.142. The number of piperidine rings is 1. The van der Waals surface area contributed by atoms with Crippen LogP contribution < -0.4 is 27.0 Å². The molecule has 1 amide bonds. The van der Waals surface area contributed by atoms with Gasteiger partial charge in [0.05, 0.1) is 25.4 Å². The van der Waals surface area contributed by atoms with E-state index in [2.05, 4.69) is 36.3 Å². The number of anilines is 2. The second-order valence-corrected chi connectivity index (χ2v) is 13.0. The lowest BCUT2D eigenvalue weighted by Gasteiger charge is -2.33. The largest absolute Gasteiger partial charge is 0.468 e. The molecule has 0 spiro atoms. The smallest absolute Gasteiger partial charge is 0.322 e. The van der Waals surface area contributed by atoms with E-state index in [0.717, 1.165) is 80.3 Å². The van der Waals surface area contributed by atoms with Gasteiger partial charge in [-0.15, -0.1) is 5.10 Å². The molecule has 1 saturated carbocycles. The normalized spacial score (nSPS) is 16.6. The maximum atomic E-state index is 12.7. The Morgan fingerprint density at radius 2 is 1.79 bits per heavy atom. The molecule has 0 radical (unpaired) electrons. The highest BCUT2D eigenvalue weighted by atomic mass is 16.5. The predicted molar refractivity (Wildman–Crippen MR) is 186 cm³/mol. The lowest BCUT2D eigenvalue weighted by Crippen LogP contribution is -2.43. The molecule has 1 aliphatic heterocycles. The molecule has 2 aromatic heterocycles. The lowest BCUT2D eigenvalue weighted by atomic mass is 9.95. The fourth-order valence-corrected chi connectivity index (χ4v) is 6.45. The van der Waals surface area contributed by atoms with Gasteiger partial charge >= 0.3 is 5.97 Å². The average molecular weight is 664 g/mol. The van der Waals surface area contributed by atoms with Crippen LogP contribution in [0.3, 0.4) is 0 Å². The monoisotopic (exact) mass is 663 g/mol. The van der Waals surface area contributed by atoms with Gasteiger partial charge in [0.15, 0.2) is 0 Å². The zero-order valence-corrected chi connectivity index (χ0v) is 28.3. The van der Waals surface area contributed by atoms with Crippen molar-refractivity contribution in [2.24, 2.45) is 5.73 Å². The molecule has 14 nitrogen and oxygen atoms in total. The first-order valence-electron chi connectivity index (χ1n) is 17.7. The third-order valence-electron chi connectivity index (χ3n) is 9.29. The van der Waals surface area contributed by atoms with Crippen molar-refractivity contribution in [3.05, 3.63) is 36.2 Å². The van der Waals surface area contributed by atoms with E-state index in [-0.39, 0.29) is 24.8 Å². The SMILES string of the molecule is COC(=O)[C@@H](N)CCC(=O)N1CCC(Nc2nc(NCc3cn(CCCNCCCNC4CCCCC4)nn3)nc3ccccc23)CC1. The molecule has 0 bridgehead atoms. The molecule has 48 heavy (non-hydrogen) atoms. The van der Waals surface area contributed by atoms with Crippen molar-refractivity contribution < 1.29 is 14.3 Å². The first-order valence-corrected chi connectivity index (χ1v) is 17.7. The van der Waals surface area contributed by atoms with Gasteiger partial charge in [-0.3, -0.25) is 14.3 Å². The number of hydrogen-bond acceptors (Lipinski definition) is 12. The van der Waals surface area contributed by atoms with Crippen molar-refractivity contribution in [2.45, 2.75) is 102 Å². The number of methoxy groups -OCH3 is 1. The van der Waals surface area contributed by atoms with Crippen molar-refractivity contribution in [2.75, 3.05) is 50.5 Å². The molecule has 1 atom stereocenters. The Hall–Kier alpha value is -3.88. The number of nitrogens with two attached hydrogens (primary N) is 1. The summed E-state index contributed by atoms with van der Waals surface area (Å²) in [5.41, 5.74) is 7.46. The van der Waals surface area contributed by atoms with Crippen LogP contribution in [0.4, 0.5) is 11.8 Å². The molecule has 3 heterocycles. The highest BCUT2D eigenvalue weighted by molar-refractivity contribution is 5.90. The van der Waals surface area contributed by atoms with E-state index in [1.165, 1.54) is 39.2 Å². The van der Waals surface area contributed by atoms with Gasteiger partial charge in [-0.05, 0) is 76.7 Å². The summed E-state index contributed by atoms with van der Waals surface area (Å²) in [6.45, 7) is 5.61. The highest BCUT2D eigenvalue weighted by Crippen LogP contribution is 2.25. The summed E-state index contributed by atoms with van der Waals surface area (Å²) in [5, 5.41) is 23.8. The number of carbonyl (C=O) groups excluding carboxylic acids is 2. The number of esters is 1. The van der Waals surface area contributed by atoms with Gasteiger partial charge in [-0.25, -0.2) is 4.98 Å². The van der Waals surface area contributed by atoms with Crippen molar-refractivity contribution in [1.29, 1.82) is 0 Å².